The second-order valence-electron chi connectivity index (χ2n) is 6.02. The fraction of sp³-hybridized carbons (Fsp3) is 0.278. The highest BCUT2D eigenvalue weighted by Gasteiger charge is 2.21. The standard InChI is InChI=1S/C18H20O2S/c1-18(2,3)14-9-11-15(12-10-14)21-16(17(19)20)13-7-5-4-6-8-13/h4-12,16H,1-3H3,(H,19,20). The number of hydrogen-bond donors (Lipinski definition) is 1. The van der Waals surface area contributed by atoms with Gasteiger partial charge < -0.3 is 5.11 Å². The number of rotatable bonds is 4. The van der Waals surface area contributed by atoms with Crippen LogP contribution in [0.1, 0.15) is 37.1 Å². The Labute approximate surface area is 130 Å². The zero-order valence-electron chi connectivity index (χ0n) is 12.5. The summed E-state index contributed by atoms with van der Waals surface area (Å²) < 4.78 is 0. The summed E-state index contributed by atoms with van der Waals surface area (Å²) in [5, 5.41) is 8.87. The highest BCUT2D eigenvalue weighted by molar-refractivity contribution is 8.00. The quantitative estimate of drug-likeness (QED) is 0.816. The van der Waals surface area contributed by atoms with Crippen LogP contribution in [0.15, 0.2) is 59.5 Å². The van der Waals surface area contributed by atoms with Crippen molar-refractivity contribution in [2.45, 2.75) is 36.3 Å². The molecule has 110 valence electrons. The van der Waals surface area contributed by atoms with E-state index in [9.17, 15) is 9.90 Å². The van der Waals surface area contributed by atoms with Crippen molar-refractivity contribution in [1.29, 1.82) is 0 Å². The number of aliphatic carboxylic acids is 1. The molecule has 0 saturated carbocycles. The molecule has 0 aromatic heterocycles. The van der Waals surface area contributed by atoms with Gasteiger partial charge in [0.1, 0.15) is 5.25 Å². The van der Waals surface area contributed by atoms with Crippen molar-refractivity contribution in [3.8, 4) is 0 Å². The molecule has 2 rings (SSSR count). The Kier molecular flexibility index (Phi) is 4.73. The summed E-state index contributed by atoms with van der Waals surface area (Å²) in [4.78, 5) is 12.5. The first-order valence-electron chi connectivity index (χ1n) is 6.93. The molecule has 3 heteroatoms. The SMILES string of the molecule is CC(C)(C)c1ccc(SC(C(=O)O)c2ccccc2)cc1. The normalized spacial score (nSPS) is 12.9. The number of carbonyl (C=O) groups is 1. The van der Waals surface area contributed by atoms with Crippen LogP contribution in [0.2, 0.25) is 0 Å². The maximum atomic E-state index is 11.5. The Bertz CT molecular complexity index is 597. The van der Waals surface area contributed by atoms with E-state index in [4.69, 9.17) is 0 Å². The summed E-state index contributed by atoms with van der Waals surface area (Å²) in [6.07, 6.45) is 0. The van der Waals surface area contributed by atoms with E-state index < -0.39 is 11.2 Å². The van der Waals surface area contributed by atoms with Gasteiger partial charge in [-0.1, -0.05) is 63.2 Å². The van der Waals surface area contributed by atoms with Crippen molar-refractivity contribution in [2.24, 2.45) is 0 Å². The third kappa shape index (κ3) is 4.11. The van der Waals surface area contributed by atoms with Gasteiger partial charge in [0.05, 0.1) is 0 Å². The van der Waals surface area contributed by atoms with Gasteiger partial charge in [0, 0.05) is 4.90 Å². The van der Waals surface area contributed by atoms with Gasteiger partial charge in [-0.2, -0.15) is 0 Å². The van der Waals surface area contributed by atoms with Gasteiger partial charge in [-0.15, -0.1) is 11.8 Å². The van der Waals surface area contributed by atoms with E-state index in [2.05, 4.69) is 32.9 Å². The fourth-order valence-electron chi connectivity index (χ4n) is 2.06. The van der Waals surface area contributed by atoms with Gasteiger partial charge in [0.25, 0.3) is 0 Å². The number of thioether (sulfide) groups is 1. The van der Waals surface area contributed by atoms with E-state index in [1.54, 1.807) is 0 Å². The van der Waals surface area contributed by atoms with E-state index >= 15 is 0 Å². The Morgan fingerprint density at radius 1 is 1.00 bits per heavy atom. The monoisotopic (exact) mass is 300 g/mol. The van der Waals surface area contributed by atoms with Gasteiger partial charge in [-0.05, 0) is 28.7 Å². The lowest BCUT2D eigenvalue weighted by atomic mass is 9.87. The number of carboxylic acids is 1. The smallest absolute Gasteiger partial charge is 0.321 e. The highest BCUT2D eigenvalue weighted by atomic mass is 32.2. The van der Waals surface area contributed by atoms with Crippen LogP contribution in [0.25, 0.3) is 0 Å². The van der Waals surface area contributed by atoms with Crippen molar-refractivity contribution < 1.29 is 9.90 Å². The van der Waals surface area contributed by atoms with Crippen molar-refractivity contribution in [3.63, 3.8) is 0 Å². The zero-order chi connectivity index (χ0) is 15.5. The molecule has 0 bridgehead atoms. The minimum atomic E-state index is -0.814. The molecule has 2 nitrogen and oxygen atoms in total. The molecule has 0 aliphatic rings. The van der Waals surface area contributed by atoms with Gasteiger partial charge in [-0.3, -0.25) is 4.79 Å². The summed E-state index contributed by atoms with van der Waals surface area (Å²) in [5.41, 5.74) is 2.17. The molecule has 0 radical (unpaired) electrons. The average Bonchev–Trinajstić information content (AvgIpc) is 2.45. The molecule has 1 atom stereocenters. The van der Waals surface area contributed by atoms with Crippen LogP contribution in [-0.4, -0.2) is 11.1 Å². The highest BCUT2D eigenvalue weighted by Crippen LogP contribution is 2.36. The van der Waals surface area contributed by atoms with Crippen LogP contribution in [0, 0.1) is 0 Å². The number of benzene rings is 2. The maximum Gasteiger partial charge on any atom is 0.321 e. The van der Waals surface area contributed by atoms with Crippen LogP contribution >= 0.6 is 11.8 Å². The predicted octanol–water partition coefficient (Wildman–Crippen LogP) is 4.90. The largest absolute Gasteiger partial charge is 0.480 e. The summed E-state index contributed by atoms with van der Waals surface area (Å²) in [7, 11) is 0. The third-order valence-corrected chi connectivity index (χ3v) is 4.55. The summed E-state index contributed by atoms with van der Waals surface area (Å²) >= 11 is 1.37. The van der Waals surface area contributed by atoms with Crippen LogP contribution in [0.5, 0.6) is 0 Å². The summed E-state index contributed by atoms with van der Waals surface area (Å²) in [6, 6.07) is 17.5. The lowest BCUT2D eigenvalue weighted by molar-refractivity contribution is -0.136. The van der Waals surface area contributed by atoms with Crippen molar-refractivity contribution in [1.82, 2.24) is 0 Å². The molecule has 0 amide bonds. The van der Waals surface area contributed by atoms with Crippen molar-refractivity contribution >= 4 is 17.7 Å². The molecule has 21 heavy (non-hydrogen) atoms. The lowest BCUT2D eigenvalue weighted by Crippen LogP contribution is -2.10. The second kappa shape index (κ2) is 6.35. The number of carboxylic acid groups (broad SMARTS) is 1. The van der Waals surface area contributed by atoms with Gasteiger partial charge in [0.2, 0.25) is 0 Å². The van der Waals surface area contributed by atoms with E-state index in [-0.39, 0.29) is 5.41 Å². The van der Waals surface area contributed by atoms with E-state index in [0.717, 1.165) is 10.5 Å². The molecule has 0 aliphatic heterocycles. The molecule has 2 aromatic carbocycles. The average molecular weight is 300 g/mol. The molecule has 0 heterocycles. The Morgan fingerprint density at radius 2 is 1.57 bits per heavy atom. The fourth-order valence-corrected chi connectivity index (χ4v) is 3.02. The first kappa shape index (κ1) is 15.6. The Balaban J connectivity index is 2.20. The van der Waals surface area contributed by atoms with Crippen LogP contribution < -0.4 is 0 Å². The minimum absolute atomic E-state index is 0.106. The molecule has 0 spiro atoms. The van der Waals surface area contributed by atoms with Gasteiger partial charge in [-0.25, -0.2) is 0 Å². The van der Waals surface area contributed by atoms with Gasteiger partial charge >= 0.3 is 5.97 Å². The molecular formula is C18H20O2S. The maximum absolute atomic E-state index is 11.5. The summed E-state index contributed by atoms with van der Waals surface area (Å²) in [6.45, 7) is 6.50. The molecule has 1 unspecified atom stereocenters. The molecule has 1 N–H and O–H groups in total. The molecule has 0 fully saturated rings. The third-order valence-electron chi connectivity index (χ3n) is 3.30. The van der Waals surface area contributed by atoms with Crippen molar-refractivity contribution in [3.05, 3.63) is 65.7 Å². The van der Waals surface area contributed by atoms with Gasteiger partial charge in [0.15, 0.2) is 0 Å². The van der Waals surface area contributed by atoms with Crippen LogP contribution in [0.4, 0.5) is 0 Å². The van der Waals surface area contributed by atoms with Crippen LogP contribution in [-0.2, 0) is 10.2 Å². The molecular weight excluding hydrogens is 280 g/mol. The first-order valence-corrected chi connectivity index (χ1v) is 7.81. The van der Waals surface area contributed by atoms with E-state index in [0.29, 0.717) is 0 Å². The molecule has 2 aromatic rings. The topological polar surface area (TPSA) is 37.3 Å². The van der Waals surface area contributed by atoms with E-state index in [1.165, 1.54) is 17.3 Å². The molecule has 0 saturated heterocycles. The van der Waals surface area contributed by atoms with E-state index in [1.807, 2.05) is 42.5 Å². The lowest BCUT2D eigenvalue weighted by Gasteiger charge is -2.19. The Morgan fingerprint density at radius 3 is 2.05 bits per heavy atom. The molecule has 0 aliphatic carbocycles. The van der Waals surface area contributed by atoms with Crippen LogP contribution in [0.3, 0.4) is 0 Å². The van der Waals surface area contributed by atoms with Crippen molar-refractivity contribution in [2.75, 3.05) is 0 Å². The predicted molar refractivity (Wildman–Crippen MR) is 87.8 cm³/mol. The first-order chi connectivity index (χ1) is 9.88. The summed E-state index contributed by atoms with van der Waals surface area (Å²) in [5.74, 6) is -0.814. The second-order valence-corrected chi connectivity index (χ2v) is 7.20. The zero-order valence-corrected chi connectivity index (χ0v) is 13.4. The number of hydrogen-bond acceptors (Lipinski definition) is 2. The Hall–Kier alpha value is -1.74. The minimum Gasteiger partial charge on any atom is -0.480 e.